The molecule has 0 aromatic carbocycles. The van der Waals surface area contributed by atoms with Crippen LogP contribution in [0.5, 0.6) is 5.88 Å². The molecule has 4 rings (SSSR count). The van der Waals surface area contributed by atoms with Crippen molar-refractivity contribution in [2.24, 2.45) is 5.92 Å². The lowest BCUT2D eigenvalue weighted by molar-refractivity contribution is -0.189. The normalized spacial score (nSPS) is 24.6. The molecule has 150 valence electrons. The van der Waals surface area contributed by atoms with E-state index in [0.717, 1.165) is 63.6 Å². The van der Waals surface area contributed by atoms with Crippen LogP contribution in [0.3, 0.4) is 0 Å². The molecule has 5 heteroatoms. The SMILES string of the molecule is COc1cccc(CCN2CCC3(CC2)CN(CC(C)C)CC2(CC2)O3)n1. The molecule has 1 aliphatic carbocycles. The first kappa shape index (κ1) is 19.2. The smallest absolute Gasteiger partial charge is 0.213 e. The molecule has 1 aromatic heterocycles. The first-order valence-electron chi connectivity index (χ1n) is 10.6. The van der Waals surface area contributed by atoms with Crippen molar-refractivity contribution in [1.82, 2.24) is 14.8 Å². The van der Waals surface area contributed by atoms with Gasteiger partial charge in [0.25, 0.3) is 0 Å². The van der Waals surface area contributed by atoms with E-state index in [-0.39, 0.29) is 11.2 Å². The summed E-state index contributed by atoms with van der Waals surface area (Å²) in [5.41, 5.74) is 1.40. The lowest BCUT2D eigenvalue weighted by Gasteiger charge is -2.51. The minimum absolute atomic E-state index is 0.0916. The van der Waals surface area contributed by atoms with E-state index in [4.69, 9.17) is 9.47 Å². The molecule has 27 heavy (non-hydrogen) atoms. The molecule has 3 heterocycles. The summed E-state index contributed by atoms with van der Waals surface area (Å²) >= 11 is 0. The maximum atomic E-state index is 6.77. The van der Waals surface area contributed by atoms with Crippen molar-refractivity contribution in [2.75, 3.05) is 46.4 Å². The molecule has 5 nitrogen and oxygen atoms in total. The van der Waals surface area contributed by atoms with Gasteiger partial charge in [0.2, 0.25) is 5.88 Å². The number of methoxy groups -OCH3 is 1. The molecular formula is C22H35N3O2. The zero-order chi connectivity index (χ0) is 18.9. The number of likely N-dealkylation sites (tertiary alicyclic amines) is 1. The van der Waals surface area contributed by atoms with E-state index in [1.54, 1.807) is 7.11 Å². The van der Waals surface area contributed by atoms with E-state index < -0.39 is 0 Å². The number of pyridine rings is 1. The van der Waals surface area contributed by atoms with Crippen LogP contribution >= 0.6 is 0 Å². The number of aromatic nitrogens is 1. The third-order valence-corrected chi connectivity index (χ3v) is 6.33. The van der Waals surface area contributed by atoms with E-state index in [0.29, 0.717) is 5.88 Å². The topological polar surface area (TPSA) is 37.8 Å². The van der Waals surface area contributed by atoms with Crippen LogP contribution in [0, 0.1) is 5.92 Å². The molecule has 0 N–H and O–H groups in total. The summed E-state index contributed by atoms with van der Waals surface area (Å²) in [6.45, 7) is 11.5. The lowest BCUT2D eigenvalue weighted by Crippen LogP contribution is -2.61. The van der Waals surface area contributed by atoms with Gasteiger partial charge in [-0.2, -0.15) is 0 Å². The Balaban J connectivity index is 1.31. The monoisotopic (exact) mass is 373 g/mol. The van der Waals surface area contributed by atoms with Crippen molar-refractivity contribution < 1.29 is 9.47 Å². The molecule has 0 unspecified atom stereocenters. The molecular weight excluding hydrogens is 338 g/mol. The van der Waals surface area contributed by atoms with Crippen molar-refractivity contribution in [3.8, 4) is 5.88 Å². The Hall–Kier alpha value is -1.17. The van der Waals surface area contributed by atoms with E-state index in [1.807, 2.05) is 12.1 Å². The Kier molecular flexibility index (Phi) is 5.45. The molecule has 0 atom stereocenters. The van der Waals surface area contributed by atoms with Crippen LogP contribution in [0.1, 0.15) is 45.2 Å². The number of hydrogen-bond donors (Lipinski definition) is 0. The number of hydrogen-bond acceptors (Lipinski definition) is 5. The van der Waals surface area contributed by atoms with Crippen molar-refractivity contribution in [3.05, 3.63) is 23.9 Å². The highest BCUT2D eigenvalue weighted by Gasteiger charge is 2.55. The third-order valence-electron chi connectivity index (χ3n) is 6.33. The lowest BCUT2D eigenvalue weighted by atomic mass is 9.87. The van der Waals surface area contributed by atoms with E-state index in [2.05, 4.69) is 34.7 Å². The molecule has 2 spiro atoms. The van der Waals surface area contributed by atoms with Gasteiger partial charge in [-0.3, -0.25) is 4.90 Å². The highest BCUT2D eigenvalue weighted by Crippen LogP contribution is 2.49. The maximum Gasteiger partial charge on any atom is 0.213 e. The van der Waals surface area contributed by atoms with E-state index in [9.17, 15) is 0 Å². The number of ether oxygens (including phenoxy) is 2. The van der Waals surface area contributed by atoms with Gasteiger partial charge >= 0.3 is 0 Å². The van der Waals surface area contributed by atoms with Crippen LogP contribution in [0.4, 0.5) is 0 Å². The van der Waals surface area contributed by atoms with E-state index in [1.165, 1.54) is 19.4 Å². The molecule has 1 aromatic rings. The summed E-state index contributed by atoms with van der Waals surface area (Å²) in [6.07, 6.45) is 5.82. The van der Waals surface area contributed by atoms with Crippen LogP contribution in [-0.2, 0) is 11.2 Å². The molecule has 2 aliphatic heterocycles. The van der Waals surface area contributed by atoms with Gasteiger partial charge in [0, 0.05) is 57.4 Å². The molecule has 0 bridgehead atoms. The zero-order valence-corrected chi connectivity index (χ0v) is 17.2. The standard InChI is InChI=1S/C22H35N3O2/c1-18(2)15-25-16-21(8-9-21)27-22(17-25)10-13-24(14-11-22)12-7-19-5-4-6-20(23-19)26-3/h4-6,18H,7-17H2,1-3H3. The highest BCUT2D eigenvalue weighted by molar-refractivity contribution is 5.16. The first-order chi connectivity index (χ1) is 13.0. The van der Waals surface area contributed by atoms with Crippen LogP contribution in [0.2, 0.25) is 0 Å². The highest BCUT2D eigenvalue weighted by atomic mass is 16.5. The quantitative estimate of drug-likeness (QED) is 0.766. The predicted molar refractivity (Wildman–Crippen MR) is 107 cm³/mol. The molecule has 2 saturated heterocycles. The van der Waals surface area contributed by atoms with Crippen molar-refractivity contribution in [2.45, 2.75) is 57.2 Å². The molecule has 1 saturated carbocycles. The van der Waals surface area contributed by atoms with Gasteiger partial charge in [0.05, 0.1) is 18.3 Å². The summed E-state index contributed by atoms with van der Waals surface area (Å²) in [6, 6.07) is 6.03. The molecule has 3 fully saturated rings. The second-order valence-corrected chi connectivity index (χ2v) is 9.29. The Morgan fingerprint density at radius 3 is 2.41 bits per heavy atom. The van der Waals surface area contributed by atoms with E-state index >= 15 is 0 Å². The van der Waals surface area contributed by atoms with Crippen molar-refractivity contribution in [3.63, 3.8) is 0 Å². The number of nitrogens with zero attached hydrogens (tertiary/aromatic N) is 3. The first-order valence-corrected chi connectivity index (χ1v) is 10.6. The van der Waals surface area contributed by atoms with Gasteiger partial charge in [-0.25, -0.2) is 4.98 Å². The zero-order valence-electron chi connectivity index (χ0n) is 17.2. The second-order valence-electron chi connectivity index (χ2n) is 9.29. The Morgan fingerprint density at radius 1 is 1.07 bits per heavy atom. The minimum Gasteiger partial charge on any atom is -0.481 e. The van der Waals surface area contributed by atoms with Crippen LogP contribution in [0.15, 0.2) is 18.2 Å². The second kappa shape index (κ2) is 7.69. The van der Waals surface area contributed by atoms with Crippen LogP contribution in [0.25, 0.3) is 0 Å². The fraction of sp³-hybridized carbons (Fsp3) is 0.773. The Labute approximate surface area is 164 Å². The van der Waals surface area contributed by atoms with Crippen LogP contribution in [-0.4, -0.2) is 72.4 Å². The largest absolute Gasteiger partial charge is 0.481 e. The minimum atomic E-state index is 0.0916. The Bertz CT molecular complexity index is 636. The number of piperidine rings is 1. The van der Waals surface area contributed by atoms with Gasteiger partial charge in [-0.05, 0) is 37.7 Å². The summed E-state index contributed by atoms with van der Waals surface area (Å²) in [7, 11) is 1.68. The summed E-state index contributed by atoms with van der Waals surface area (Å²) in [4.78, 5) is 9.82. The number of morpholine rings is 1. The van der Waals surface area contributed by atoms with Crippen LogP contribution < -0.4 is 4.74 Å². The van der Waals surface area contributed by atoms with Crippen molar-refractivity contribution >= 4 is 0 Å². The van der Waals surface area contributed by atoms with Gasteiger partial charge in [-0.15, -0.1) is 0 Å². The number of rotatable bonds is 6. The van der Waals surface area contributed by atoms with Gasteiger partial charge in [0.1, 0.15) is 0 Å². The Morgan fingerprint density at radius 2 is 1.78 bits per heavy atom. The average Bonchev–Trinajstić information content (AvgIpc) is 3.38. The third kappa shape index (κ3) is 4.64. The molecule has 0 radical (unpaired) electrons. The fourth-order valence-corrected chi connectivity index (χ4v) is 4.87. The fourth-order valence-electron chi connectivity index (χ4n) is 4.87. The van der Waals surface area contributed by atoms with Gasteiger partial charge < -0.3 is 14.4 Å². The van der Waals surface area contributed by atoms with Gasteiger partial charge in [-0.1, -0.05) is 19.9 Å². The average molecular weight is 374 g/mol. The summed E-state index contributed by atoms with van der Waals surface area (Å²) < 4.78 is 12.0. The van der Waals surface area contributed by atoms with Crippen molar-refractivity contribution in [1.29, 1.82) is 0 Å². The predicted octanol–water partition coefficient (Wildman–Crippen LogP) is 2.99. The summed E-state index contributed by atoms with van der Waals surface area (Å²) in [5, 5.41) is 0. The maximum absolute atomic E-state index is 6.77. The summed E-state index contributed by atoms with van der Waals surface area (Å²) in [5.74, 6) is 1.44. The molecule has 0 amide bonds. The molecule has 3 aliphatic rings. The van der Waals surface area contributed by atoms with Gasteiger partial charge in [0.15, 0.2) is 0 Å².